The molecule has 150 valence electrons. The van der Waals surface area contributed by atoms with E-state index in [1.807, 2.05) is 48.5 Å². The van der Waals surface area contributed by atoms with Gasteiger partial charge in [0.2, 0.25) is 11.8 Å². The Hall–Kier alpha value is -3.48. The van der Waals surface area contributed by atoms with Gasteiger partial charge in [-0.1, -0.05) is 24.3 Å². The summed E-state index contributed by atoms with van der Waals surface area (Å²) < 4.78 is 15.3. The van der Waals surface area contributed by atoms with Crippen molar-refractivity contribution in [3.63, 3.8) is 0 Å². The van der Waals surface area contributed by atoms with E-state index in [9.17, 15) is 9.59 Å². The minimum atomic E-state index is -0.349. The zero-order valence-corrected chi connectivity index (χ0v) is 16.7. The number of rotatable bonds is 6. The van der Waals surface area contributed by atoms with Crippen LogP contribution in [-0.2, 0) is 19.1 Å². The fraction of sp³-hybridized carbons (Fsp3) is 0.273. The van der Waals surface area contributed by atoms with Gasteiger partial charge in [-0.2, -0.15) is 0 Å². The molecule has 2 unspecified atom stereocenters. The molecule has 0 aliphatic heterocycles. The van der Waals surface area contributed by atoms with Crippen molar-refractivity contribution in [3.8, 4) is 22.9 Å². The van der Waals surface area contributed by atoms with Gasteiger partial charge in [-0.25, -0.2) is 0 Å². The Balaban J connectivity index is 1.77. The largest absolute Gasteiger partial charge is 0.469 e. The molecule has 1 heterocycles. The van der Waals surface area contributed by atoms with Crippen molar-refractivity contribution in [2.45, 2.75) is 25.7 Å². The van der Waals surface area contributed by atoms with E-state index in [4.69, 9.17) is 13.9 Å². The van der Waals surface area contributed by atoms with Crippen molar-refractivity contribution < 1.29 is 23.5 Å². The molecule has 0 bridgehead atoms. The highest BCUT2D eigenvalue weighted by molar-refractivity contribution is 5.78. The number of benzene rings is 2. The maximum atomic E-state index is 11.7. The molecule has 0 aliphatic rings. The van der Waals surface area contributed by atoms with Gasteiger partial charge in [-0.15, -0.1) is 10.2 Å². The maximum Gasteiger partial charge on any atom is 0.312 e. The molecule has 2 atom stereocenters. The summed E-state index contributed by atoms with van der Waals surface area (Å²) in [6, 6.07) is 14.7. The lowest BCUT2D eigenvalue weighted by Crippen LogP contribution is -2.10. The molecule has 0 fully saturated rings. The second kappa shape index (κ2) is 8.68. The van der Waals surface area contributed by atoms with Crippen LogP contribution in [0.25, 0.3) is 22.9 Å². The number of aromatic nitrogens is 2. The number of hydrogen-bond acceptors (Lipinski definition) is 7. The smallest absolute Gasteiger partial charge is 0.312 e. The van der Waals surface area contributed by atoms with Crippen LogP contribution in [0.1, 0.15) is 36.8 Å². The molecule has 2 aromatic carbocycles. The molecule has 0 saturated heterocycles. The Morgan fingerprint density at radius 3 is 1.38 bits per heavy atom. The van der Waals surface area contributed by atoms with Gasteiger partial charge >= 0.3 is 11.9 Å². The highest BCUT2D eigenvalue weighted by Crippen LogP contribution is 2.27. The summed E-state index contributed by atoms with van der Waals surface area (Å²) in [6.45, 7) is 3.58. The predicted molar refractivity (Wildman–Crippen MR) is 106 cm³/mol. The first-order valence-electron chi connectivity index (χ1n) is 9.14. The minimum absolute atomic E-state index is 0.289. The SMILES string of the molecule is COC(=O)C(C)c1ccc(-c2nnc(-c3ccc(C(C)C(=O)OC)cc3)o2)cc1. The lowest BCUT2D eigenvalue weighted by atomic mass is 10.00. The number of hydrogen-bond donors (Lipinski definition) is 0. The first kappa shape index (κ1) is 20.3. The standard InChI is InChI=1S/C22H22N2O5/c1-13(21(25)27-3)15-5-9-17(10-6-15)19-23-24-20(29-19)18-11-7-16(8-12-18)14(2)22(26)28-4/h5-14H,1-4H3. The van der Waals surface area contributed by atoms with Gasteiger partial charge in [0.15, 0.2) is 0 Å². The number of esters is 2. The normalized spacial score (nSPS) is 12.8. The number of ether oxygens (including phenoxy) is 2. The van der Waals surface area contributed by atoms with Gasteiger partial charge in [0.25, 0.3) is 0 Å². The Bertz CT molecular complexity index is 913. The third kappa shape index (κ3) is 4.34. The van der Waals surface area contributed by atoms with Crippen LogP contribution in [0.2, 0.25) is 0 Å². The molecule has 0 radical (unpaired) electrons. The topological polar surface area (TPSA) is 91.5 Å². The second-order valence-corrected chi connectivity index (χ2v) is 6.65. The lowest BCUT2D eigenvalue weighted by Gasteiger charge is -2.09. The summed E-state index contributed by atoms with van der Waals surface area (Å²) >= 11 is 0. The van der Waals surface area contributed by atoms with E-state index in [1.54, 1.807) is 13.8 Å². The fourth-order valence-corrected chi connectivity index (χ4v) is 2.91. The van der Waals surface area contributed by atoms with E-state index < -0.39 is 0 Å². The first-order valence-corrected chi connectivity index (χ1v) is 9.14. The number of methoxy groups -OCH3 is 2. The van der Waals surface area contributed by atoms with Gasteiger partial charge in [0.05, 0.1) is 26.1 Å². The Morgan fingerprint density at radius 1 is 0.724 bits per heavy atom. The molecule has 0 amide bonds. The van der Waals surface area contributed by atoms with E-state index in [0.717, 1.165) is 22.3 Å². The van der Waals surface area contributed by atoms with Crippen molar-refractivity contribution in [1.82, 2.24) is 10.2 Å². The zero-order chi connectivity index (χ0) is 21.0. The van der Waals surface area contributed by atoms with E-state index in [-0.39, 0.29) is 23.8 Å². The molecule has 7 nitrogen and oxygen atoms in total. The van der Waals surface area contributed by atoms with E-state index in [2.05, 4.69) is 10.2 Å². The average molecular weight is 394 g/mol. The van der Waals surface area contributed by atoms with Crippen molar-refractivity contribution in [3.05, 3.63) is 59.7 Å². The molecule has 3 rings (SSSR count). The van der Waals surface area contributed by atoms with E-state index >= 15 is 0 Å². The van der Waals surface area contributed by atoms with Crippen LogP contribution in [-0.4, -0.2) is 36.4 Å². The van der Waals surface area contributed by atoms with Crippen LogP contribution in [0, 0.1) is 0 Å². The van der Waals surface area contributed by atoms with Crippen molar-refractivity contribution in [2.24, 2.45) is 0 Å². The number of carbonyl (C=O) groups is 2. The highest BCUT2D eigenvalue weighted by Gasteiger charge is 2.18. The Labute approximate surface area is 168 Å². The van der Waals surface area contributed by atoms with Crippen molar-refractivity contribution in [2.75, 3.05) is 14.2 Å². The number of nitrogens with zero attached hydrogens (tertiary/aromatic N) is 2. The van der Waals surface area contributed by atoms with Crippen LogP contribution >= 0.6 is 0 Å². The molecule has 0 N–H and O–H groups in total. The first-order chi connectivity index (χ1) is 13.9. The summed E-state index contributed by atoms with van der Waals surface area (Å²) in [5.74, 6) is -0.518. The average Bonchev–Trinajstić information content (AvgIpc) is 3.27. The van der Waals surface area contributed by atoms with Crippen molar-refractivity contribution >= 4 is 11.9 Å². The van der Waals surface area contributed by atoms with Crippen molar-refractivity contribution in [1.29, 1.82) is 0 Å². The minimum Gasteiger partial charge on any atom is -0.469 e. The molecule has 0 spiro atoms. The van der Waals surface area contributed by atoms with Gasteiger partial charge < -0.3 is 13.9 Å². The van der Waals surface area contributed by atoms with E-state index in [0.29, 0.717) is 11.8 Å². The molecule has 0 saturated carbocycles. The summed E-state index contributed by atoms with van der Waals surface area (Å²) in [5.41, 5.74) is 3.19. The highest BCUT2D eigenvalue weighted by atomic mass is 16.5. The molecule has 1 aromatic heterocycles. The summed E-state index contributed by atoms with van der Waals surface area (Å²) in [4.78, 5) is 23.3. The molecular weight excluding hydrogens is 372 g/mol. The zero-order valence-electron chi connectivity index (χ0n) is 16.7. The number of carbonyl (C=O) groups excluding carboxylic acids is 2. The molecule has 7 heteroatoms. The summed E-state index contributed by atoms with van der Waals surface area (Å²) in [7, 11) is 2.74. The Morgan fingerprint density at radius 2 is 1.07 bits per heavy atom. The van der Waals surface area contributed by atoms with Gasteiger partial charge in [-0.3, -0.25) is 9.59 Å². The quantitative estimate of drug-likeness (QED) is 0.584. The van der Waals surface area contributed by atoms with E-state index in [1.165, 1.54) is 14.2 Å². The van der Waals surface area contributed by atoms with Crippen LogP contribution in [0.3, 0.4) is 0 Å². The van der Waals surface area contributed by atoms with Crippen LogP contribution in [0.15, 0.2) is 52.9 Å². The lowest BCUT2D eigenvalue weighted by molar-refractivity contribution is -0.142. The third-order valence-corrected chi connectivity index (χ3v) is 4.85. The maximum absolute atomic E-state index is 11.7. The van der Waals surface area contributed by atoms with Crippen LogP contribution in [0.4, 0.5) is 0 Å². The monoisotopic (exact) mass is 394 g/mol. The summed E-state index contributed by atoms with van der Waals surface area (Å²) in [5, 5.41) is 8.21. The van der Waals surface area contributed by atoms with Gasteiger partial charge in [0, 0.05) is 11.1 Å². The van der Waals surface area contributed by atoms with Gasteiger partial charge in [-0.05, 0) is 49.2 Å². The summed E-state index contributed by atoms with van der Waals surface area (Å²) in [6.07, 6.45) is 0. The third-order valence-electron chi connectivity index (χ3n) is 4.85. The van der Waals surface area contributed by atoms with Crippen LogP contribution in [0.5, 0.6) is 0 Å². The fourth-order valence-electron chi connectivity index (χ4n) is 2.91. The predicted octanol–water partition coefficient (Wildman–Crippen LogP) is 3.96. The molecular formula is C22H22N2O5. The second-order valence-electron chi connectivity index (χ2n) is 6.65. The Kier molecular flexibility index (Phi) is 6.07. The van der Waals surface area contributed by atoms with Gasteiger partial charge in [0.1, 0.15) is 0 Å². The molecule has 3 aromatic rings. The van der Waals surface area contributed by atoms with Crippen LogP contribution < -0.4 is 0 Å². The molecule has 29 heavy (non-hydrogen) atoms. The molecule has 0 aliphatic carbocycles.